The van der Waals surface area contributed by atoms with E-state index in [1.54, 1.807) is 0 Å². The number of alkyl halides is 3. The molecule has 1 aromatic rings. The molecule has 0 bridgehead atoms. The lowest BCUT2D eigenvalue weighted by molar-refractivity contribution is -0.139. The Balaban J connectivity index is 3.29. The summed E-state index contributed by atoms with van der Waals surface area (Å²) in [6, 6.07) is 1.96. The molecule has 0 unspecified atom stereocenters. The van der Waals surface area contributed by atoms with Gasteiger partial charge in [0.15, 0.2) is 4.98 Å². The standard InChI is InChI=1S/C7H3F4N2/c8-6-2-1-4(13-12)3-5(6)7(9,10)11/h1-3H/q+1. The van der Waals surface area contributed by atoms with Crippen molar-refractivity contribution in [1.29, 1.82) is 5.39 Å². The van der Waals surface area contributed by atoms with Crippen LogP contribution in [-0.2, 0) is 6.18 Å². The van der Waals surface area contributed by atoms with Gasteiger partial charge in [0, 0.05) is 12.1 Å². The minimum atomic E-state index is -4.77. The lowest BCUT2D eigenvalue weighted by Gasteiger charge is -2.04. The smallest absolute Gasteiger partial charge is 0.206 e. The molecular weight excluding hydrogens is 188 g/mol. The molecule has 0 saturated carbocycles. The van der Waals surface area contributed by atoms with E-state index in [9.17, 15) is 17.6 Å². The van der Waals surface area contributed by atoms with E-state index in [0.717, 1.165) is 6.07 Å². The van der Waals surface area contributed by atoms with Crippen LogP contribution in [0.1, 0.15) is 5.56 Å². The Morgan fingerprint density at radius 1 is 1.23 bits per heavy atom. The summed E-state index contributed by atoms with van der Waals surface area (Å²) in [5, 5.41) is 8.15. The van der Waals surface area contributed by atoms with Crippen molar-refractivity contribution in [2.75, 3.05) is 0 Å². The Hall–Kier alpha value is -1.64. The maximum atomic E-state index is 12.6. The number of hydrogen-bond acceptors (Lipinski definition) is 1. The van der Waals surface area contributed by atoms with E-state index in [1.807, 2.05) is 0 Å². The van der Waals surface area contributed by atoms with Crippen LogP contribution in [0.25, 0.3) is 4.98 Å². The molecule has 0 amide bonds. The van der Waals surface area contributed by atoms with Gasteiger partial charge in [-0.2, -0.15) is 13.2 Å². The lowest BCUT2D eigenvalue weighted by Crippen LogP contribution is -2.07. The number of nitrogens with zero attached hydrogens (tertiary/aromatic N) is 2. The highest BCUT2D eigenvalue weighted by atomic mass is 19.4. The predicted octanol–water partition coefficient (Wildman–Crippen LogP) is 3.33. The third kappa shape index (κ3) is 1.93. The Labute approximate surface area is 70.4 Å². The van der Waals surface area contributed by atoms with Crippen LogP contribution < -0.4 is 0 Å². The Kier molecular flexibility index (Phi) is 2.19. The highest BCUT2D eigenvalue weighted by Crippen LogP contribution is 2.33. The second kappa shape index (κ2) is 3.01. The van der Waals surface area contributed by atoms with Crippen LogP contribution in [0.15, 0.2) is 18.2 Å². The zero-order chi connectivity index (χ0) is 10.1. The SMILES string of the molecule is N#[N+]c1ccc(F)c(C(F)(F)F)c1. The molecule has 0 N–H and O–H groups in total. The summed E-state index contributed by atoms with van der Waals surface area (Å²) < 4.78 is 48.6. The van der Waals surface area contributed by atoms with Crippen molar-refractivity contribution < 1.29 is 17.6 Å². The van der Waals surface area contributed by atoms with E-state index < -0.39 is 17.6 Å². The quantitative estimate of drug-likeness (QED) is 0.456. The van der Waals surface area contributed by atoms with Crippen LogP contribution in [-0.4, -0.2) is 0 Å². The van der Waals surface area contributed by atoms with Crippen molar-refractivity contribution in [3.63, 3.8) is 0 Å². The molecule has 0 aliphatic carbocycles. The Morgan fingerprint density at radius 2 is 1.85 bits per heavy atom. The average Bonchev–Trinajstić information content (AvgIpc) is 2.03. The van der Waals surface area contributed by atoms with Gasteiger partial charge < -0.3 is 0 Å². The molecule has 6 heteroatoms. The number of rotatable bonds is 0. The second-order valence-corrected chi connectivity index (χ2v) is 2.26. The molecule has 68 valence electrons. The summed E-state index contributed by atoms with van der Waals surface area (Å²) in [6.07, 6.45) is -4.77. The molecule has 0 atom stereocenters. The third-order valence-electron chi connectivity index (χ3n) is 1.37. The van der Waals surface area contributed by atoms with Gasteiger partial charge >= 0.3 is 11.9 Å². The summed E-state index contributed by atoms with van der Waals surface area (Å²) in [5.41, 5.74) is -1.78. The average molecular weight is 191 g/mol. The molecular formula is C7H3F4N2+. The predicted molar refractivity (Wildman–Crippen MR) is 36.1 cm³/mol. The van der Waals surface area contributed by atoms with Crippen molar-refractivity contribution >= 4 is 5.69 Å². The minimum Gasteiger partial charge on any atom is -0.206 e. The summed E-state index contributed by atoms with van der Waals surface area (Å²) in [5.74, 6) is -1.39. The van der Waals surface area contributed by atoms with Crippen molar-refractivity contribution in [3.8, 4) is 0 Å². The normalized spacial score (nSPS) is 11.0. The van der Waals surface area contributed by atoms with Crippen molar-refractivity contribution in [3.05, 3.63) is 34.6 Å². The number of hydrogen-bond donors (Lipinski definition) is 0. The largest absolute Gasteiger partial charge is 0.419 e. The van der Waals surface area contributed by atoms with Crippen LogP contribution in [0.3, 0.4) is 0 Å². The van der Waals surface area contributed by atoms with Gasteiger partial charge in [0.2, 0.25) is 5.39 Å². The van der Waals surface area contributed by atoms with Crippen molar-refractivity contribution in [2.24, 2.45) is 0 Å². The van der Waals surface area contributed by atoms with Crippen molar-refractivity contribution in [2.45, 2.75) is 6.18 Å². The molecule has 0 heterocycles. The molecule has 0 fully saturated rings. The summed E-state index contributed by atoms with van der Waals surface area (Å²) in [7, 11) is 0. The van der Waals surface area contributed by atoms with E-state index in [-0.39, 0.29) is 5.69 Å². The van der Waals surface area contributed by atoms with Gasteiger partial charge in [-0.1, -0.05) is 0 Å². The molecule has 0 radical (unpaired) electrons. The van der Waals surface area contributed by atoms with Gasteiger partial charge in [-0.25, -0.2) is 4.39 Å². The van der Waals surface area contributed by atoms with E-state index in [4.69, 9.17) is 5.39 Å². The molecule has 0 saturated heterocycles. The molecule has 0 spiro atoms. The van der Waals surface area contributed by atoms with Crippen LogP contribution in [0.4, 0.5) is 23.2 Å². The van der Waals surface area contributed by atoms with Gasteiger partial charge in [0.05, 0.1) is 5.56 Å². The first-order valence-electron chi connectivity index (χ1n) is 3.17. The maximum Gasteiger partial charge on any atom is 0.419 e. The summed E-state index contributed by atoms with van der Waals surface area (Å²) in [4.78, 5) is 2.52. The minimum absolute atomic E-state index is 0.339. The van der Waals surface area contributed by atoms with Crippen LogP contribution >= 0.6 is 0 Å². The molecule has 1 aromatic carbocycles. The fourth-order valence-electron chi connectivity index (χ4n) is 0.793. The lowest BCUT2D eigenvalue weighted by atomic mass is 10.2. The highest BCUT2D eigenvalue weighted by molar-refractivity contribution is 5.47. The van der Waals surface area contributed by atoms with Crippen LogP contribution in [0.5, 0.6) is 0 Å². The first-order valence-corrected chi connectivity index (χ1v) is 3.17. The molecule has 0 aliphatic heterocycles. The van der Waals surface area contributed by atoms with Crippen LogP contribution in [0.2, 0.25) is 0 Å². The zero-order valence-electron chi connectivity index (χ0n) is 6.14. The van der Waals surface area contributed by atoms with E-state index >= 15 is 0 Å². The molecule has 2 nitrogen and oxygen atoms in total. The molecule has 1 rings (SSSR count). The van der Waals surface area contributed by atoms with Gasteiger partial charge in [0.1, 0.15) is 5.82 Å². The van der Waals surface area contributed by atoms with Gasteiger partial charge in [-0.3, -0.25) is 0 Å². The van der Waals surface area contributed by atoms with Gasteiger partial charge in [0.25, 0.3) is 0 Å². The summed E-state index contributed by atoms with van der Waals surface area (Å²) in [6.45, 7) is 0. The van der Waals surface area contributed by atoms with Gasteiger partial charge in [-0.15, -0.1) is 0 Å². The topological polar surface area (TPSA) is 28.1 Å². The number of halogens is 4. The van der Waals surface area contributed by atoms with Crippen molar-refractivity contribution in [1.82, 2.24) is 0 Å². The zero-order valence-corrected chi connectivity index (χ0v) is 6.14. The van der Waals surface area contributed by atoms with E-state index in [1.165, 1.54) is 0 Å². The van der Waals surface area contributed by atoms with E-state index in [0.29, 0.717) is 12.1 Å². The summed E-state index contributed by atoms with van der Waals surface area (Å²) >= 11 is 0. The molecule has 0 aromatic heterocycles. The van der Waals surface area contributed by atoms with E-state index in [2.05, 4.69) is 4.98 Å². The molecule has 13 heavy (non-hydrogen) atoms. The Morgan fingerprint density at radius 3 is 2.31 bits per heavy atom. The Bertz CT molecular complexity index is 364. The first-order chi connectivity index (χ1) is 5.95. The number of diazo groups is 1. The fourth-order valence-corrected chi connectivity index (χ4v) is 0.793. The monoisotopic (exact) mass is 191 g/mol. The second-order valence-electron chi connectivity index (χ2n) is 2.26. The van der Waals surface area contributed by atoms with Gasteiger partial charge in [-0.05, 0) is 6.07 Å². The number of benzene rings is 1. The highest BCUT2D eigenvalue weighted by Gasteiger charge is 2.35. The maximum absolute atomic E-state index is 12.6. The molecule has 0 aliphatic rings. The van der Waals surface area contributed by atoms with Crippen LogP contribution in [0, 0.1) is 11.2 Å². The third-order valence-corrected chi connectivity index (χ3v) is 1.37. The fraction of sp³-hybridized carbons (Fsp3) is 0.143. The first kappa shape index (κ1) is 9.45.